The van der Waals surface area contributed by atoms with Gasteiger partial charge in [-0.2, -0.15) is 5.10 Å². The number of nitrogens with zero attached hydrogens (tertiary/aromatic N) is 5. The predicted octanol–water partition coefficient (Wildman–Crippen LogP) is 3.79. The molecule has 24 heavy (non-hydrogen) atoms. The molecule has 0 fully saturated rings. The second-order valence-corrected chi connectivity index (χ2v) is 5.79. The Labute approximate surface area is 139 Å². The van der Waals surface area contributed by atoms with Crippen LogP contribution in [0.4, 0.5) is 0 Å². The molecule has 6 heteroatoms. The molecule has 0 aliphatic rings. The first-order valence-electron chi connectivity index (χ1n) is 7.90. The van der Waals surface area contributed by atoms with Gasteiger partial charge in [0.15, 0.2) is 0 Å². The zero-order chi connectivity index (χ0) is 16.7. The van der Waals surface area contributed by atoms with Crippen LogP contribution in [0.25, 0.3) is 33.9 Å². The van der Waals surface area contributed by atoms with E-state index in [0.717, 1.165) is 28.7 Å². The number of pyridine rings is 1. The topological polar surface area (TPSA) is 69.6 Å². The molecular weight excluding hydrogens is 302 g/mol. The van der Waals surface area contributed by atoms with Crippen molar-refractivity contribution in [3.8, 4) is 23.0 Å². The third kappa shape index (κ3) is 2.46. The highest BCUT2D eigenvalue weighted by Crippen LogP contribution is 2.26. The predicted molar refractivity (Wildman–Crippen MR) is 91.4 cm³/mol. The number of benzene rings is 1. The van der Waals surface area contributed by atoms with Crippen LogP contribution in [-0.4, -0.2) is 25.0 Å². The highest BCUT2D eigenvalue weighted by Gasteiger charge is 2.16. The minimum atomic E-state index is 0.413. The van der Waals surface area contributed by atoms with Crippen molar-refractivity contribution < 1.29 is 4.42 Å². The third-order valence-corrected chi connectivity index (χ3v) is 3.99. The summed E-state index contributed by atoms with van der Waals surface area (Å²) in [5.41, 5.74) is 4.51. The summed E-state index contributed by atoms with van der Waals surface area (Å²) in [5.74, 6) is 0.879. The molecule has 0 bridgehead atoms. The first-order chi connectivity index (χ1) is 11.6. The van der Waals surface area contributed by atoms with Gasteiger partial charge in [-0.25, -0.2) is 4.98 Å². The molecule has 120 valence electrons. The van der Waals surface area contributed by atoms with Gasteiger partial charge in [-0.15, -0.1) is 10.2 Å². The van der Waals surface area contributed by atoms with E-state index < -0.39 is 0 Å². The summed E-state index contributed by atoms with van der Waals surface area (Å²) in [4.78, 5) is 4.62. The monoisotopic (exact) mass is 319 g/mol. The van der Waals surface area contributed by atoms with Crippen LogP contribution in [0.2, 0.25) is 0 Å². The van der Waals surface area contributed by atoms with Gasteiger partial charge in [-0.1, -0.05) is 17.7 Å². The second kappa shape index (κ2) is 5.56. The minimum absolute atomic E-state index is 0.413. The average molecular weight is 319 g/mol. The summed E-state index contributed by atoms with van der Waals surface area (Å²) in [7, 11) is 0. The van der Waals surface area contributed by atoms with Crippen LogP contribution in [0.15, 0.2) is 40.9 Å². The number of hydrogen-bond acceptors (Lipinski definition) is 5. The van der Waals surface area contributed by atoms with E-state index in [2.05, 4.69) is 33.3 Å². The molecule has 3 heterocycles. The van der Waals surface area contributed by atoms with E-state index in [4.69, 9.17) is 4.42 Å². The van der Waals surface area contributed by atoms with Gasteiger partial charge in [0.25, 0.3) is 11.8 Å². The molecule has 0 unspecified atom stereocenters. The molecule has 0 amide bonds. The Bertz CT molecular complexity index is 1030. The molecular formula is C18H17N5O. The van der Waals surface area contributed by atoms with Gasteiger partial charge in [-0.3, -0.25) is 4.68 Å². The van der Waals surface area contributed by atoms with Crippen LogP contribution in [0.5, 0.6) is 0 Å². The average Bonchev–Trinajstić information content (AvgIpc) is 3.20. The Balaban J connectivity index is 1.74. The quantitative estimate of drug-likeness (QED) is 0.574. The van der Waals surface area contributed by atoms with E-state index in [1.165, 1.54) is 5.56 Å². The van der Waals surface area contributed by atoms with Crippen molar-refractivity contribution in [1.29, 1.82) is 0 Å². The molecule has 0 N–H and O–H groups in total. The Hall–Kier alpha value is -3.02. The van der Waals surface area contributed by atoms with Crippen molar-refractivity contribution >= 4 is 10.9 Å². The third-order valence-electron chi connectivity index (χ3n) is 3.99. The lowest BCUT2D eigenvalue weighted by Gasteiger charge is -2.00. The summed E-state index contributed by atoms with van der Waals surface area (Å²) in [6.07, 6.45) is 1.92. The van der Waals surface area contributed by atoms with Crippen molar-refractivity contribution in [2.24, 2.45) is 0 Å². The fourth-order valence-corrected chi connectivity index (χ4v) is 2.69. The SMILES string of the molecule is CCn1cc(-c2nnc(-c3ccc4cc(C)ccc4n3)o2)c(C)n1. The first-order valence-corrected chi connectivity index (χ1v) is 7.90. The molecule has 1 aromatic carbocycles. The maximum atomic E-state index is 5.83. The fraction of sp³-hybridized carbons (Fsp3) is 0.222. The summed E-state index contributed by atoms with van der Waals surface area (Å²) in [5, 5.41) is 13.8. The molecule has 0 aliphatic carbocycles. The number of rotatable bonds is 3. The largest absolute Gasteiger partial charge is 0.414 e. The number of aromatic nitrogens is 5. The van der Waals surface area contributed by atoms with E-state index in [-0.39, 0.29) is 0 Å². The first kappa shape index (κ1) is 14.6. The maximum Gasteiger partial charge on any atom is 0.266 e. The highest BCUT2D eigenvalue weighted by molar-refractivity contribution is 5.81. The number of aryl methyl sites for hydroxylation is 3. The van der Waals surface area contributed by atoms with Crippen molar-refractivity contribution in [1.82, 2.24) is 25.0 Å². The Morgan fingerprint density at radius 3 is 2.67 bits per heavy atom. The van der Waals surface area contributed by atoms with E-state index in [1.54, 1.807) is 0 Å². The molecule has 4 rings (SSSR count). The van der Waals surface area contributed by atoms with Gasteiger partial charge in [0, 0.05) is 18.1 Å². The fourth-order valence-electron chi connectivity index (χ4n) is 2.69. The van der Waals surface area contributed by atoms with Crippen LogP contribution < -0.4 is 0 Å². The molecule has 0 saturated heterocycles. The van der Waals surface area contributed by atoms with Crippen LogP contribution in [-0.2, 0) is 6.54 Å². The van der Waals surface area contributed by atoms with Gasteiger partial charge < -0.3 is 4.42 Å². The van der Waals surface area contributed by atoms with E-state index in [0.29, 0.717) is 17.5 Å². The molecule has 0 radical (unpaired) electrons. The van der Waals surface area contributed by atoms with Gasteiger partial charge in [-0.05, 0) is 39.0 Å². The molecule has 0 aliphatic heterocycles. The van der Waals surface area contributed by atoms with Gasteiger partial charge in [0.2, 0.25) is 0 Å². The van der Waals surface area contributed by atoms with Crippen LogP contribution >= 0.6 is 0 Å². The molecule has 4 aromatic rings. The minimum Gasteiger partial charge on any atom is -0.414 e. The van der Waals surface area contributed by atoms with Crippen LogP contribution in [0.1, 0.15) is 18.2 Å². The zero-order valence-corrected chi connectivity index (χ0v) is 13.8. The van der Waals surface area contributed by atoms with Crippen molar-refractivity contribution in [2.45, 2.75) is 27.3 Å². The summed E-state index contributed by atoms with van der Waals surface area (Å²) in [6, 6.07) is 10.1. The van der Waals surface area contributed by atoms with Gasteiger partial charge >= 0.3 is 0 Å². The van der Waals surface area contributed by atoms with Crippen molar-refractivity contribution in [3.63, 3.8) is 0 Å². The second-order valence-electron chi connectivity index (χ2n) is 5.79. The summed E-state index contributed by atoms with van der Waals surface area (Å²) >= 11 is 0. The summed E-state index contributed by atoms with van der Waals surface area (Å²) in [6.45, 7) is 6.84. The Morgan fingerprint density at radius 2 is 1.88 bits per heavy atom. The standard InChI is InChI=1S/C18H17N5O/c1-4-23-10-14(12(3)22-23)17-20-21-18(24-17)16-8-6-13-9-11(2)5-7-15(13)19-16/h5-10H,4H2,1-3H3. The van der Waals surface area contributed by atoms with E-state index >= 15 is 0 Å². The van der Waals surface area contributed by atoms with Crippen LogP contribution in [0.3, 0.4) is 0 Å². The Kier molecular flexibility index (Phi) is 3.37. The maximum absolute atomic E-state index is 5.83. The lowest BCUT2D eigenvalue weighted by atomic mass is 10.1. The highest BCUT2D eigenvalue weighted by atomic mass is 16.4. The normalized spacial score (nSPS) is 11.3. The zero-order valence-electron chi connectivity index (χ0n) is 13.8. The number of fused-ring (bicyclic) bond motifs is 1. The van der Waals surface area contributed by atoms with Crippen LogP contribution in [0, 0.1) is 13.8 Å². The summed E-state index contributed by atoms with van der Waals surface area (Å²) < 4.78 is 7.68. The molecule has 0 saturated carbocycles. The van der Waals surface area contributed by atoms with Crippen molar-refractivity contribution in [2.75, 3.05) is 0 Å². The Morgan fingerprint density at radius 1 is 1.04 bits per heavy atom. The van der Waals surface area contributed by atoms with E-state index in [1.807, 2.05) is 49.0 Å². The van der Waals surface area contributed by atoms with Crippen molar-refractivity contribution in [3.05, 3.63) is 47.8 Å². The molecule has 3 aromatic heterocycles. The molecule has 0 atom stereocenters. The van der Waals surface area contributed by atoms with Gasteiger partial charge in [0.05, 0.1) is 16.8 Å². The molecule has 0 spiro atoms. The molecule has 6 nitrogen and oxygen atoms in total. The lowest BCUT2D eigenvalue weighted by Crippen LogP contribution is -1.93. The van der Waals surface area contributed by atoms with E-state index in [9.17, 15) is 0 Å². The lowest BCUT2D eigenvalue weighted by molar-refractivity contribution is 0.582. The number of hydrogen-bond donors (Lipinski definition) is 0. The smallest absolute Gasteiger partial charge is 0.266 e. The van der Waals surface area contributed by atoms with Gasteiger partial charge in [0.1, 0.15) is 5.69 Å².